The van der Waals surface area contributed by atoms with Crippen molar-refractivity contribution >= 4 is 17.7 Å². The second-order valence-corrected chi connectivity index (χ2v) is 5.43. The average molecular weight is 316 g/mol. The van der Waals surface area contributed by atoms with E-state index in [1.165, 1.54) is 7.11 Å². The fourth-order valence-corrected chi connectivity index (χ4v) is 1.66. The number of amides is 2. The first-order chi connectivity index (χ1) is 10.0. The van der Waals surface area contributed by atoms with Gasteiger partial charge >= 0.3 is 6.09 Å². The van der Waals surface area contributed by atoms with Gasteiger partial charge in [-0.2, -0.15) is 0 Å². The maximum absolute atomic E-state index is 12.9. The van der Waals surface area contributed by atoms with Crippen LogP contribution in [0.15, 0.2) is 12.1 Å². The Morgan fingerprint density at radius 3 is 2.27 bits per heavy atom. The average Bonchev–Trinajstić information content (AvgIpc) is 2.34. The van der Waals surface area contributed by atoms with E-state index in [1.807, 2.05) is 0 Å². The first-order valence-electron chi connectivity index (χ1n) is 6.35. The predicted molar refractivity (Wildman–Crippen MR) is 76.3 cm³/mol. The zero-order valence-electron chi connectivity index (χ0n) is 12.7. The lowest BCUT2D eigenvalue weighted by Gasteiger charge is -2.21. The highest BCUT2D eigenvalue weighted by atomic mass is 19.3. The van der Waals surface area contributed by atoms with Crippen LogP contribution in [0.1, 0.15) is 43.1 Å². The molecule has 0 aliphatic heterocycles. The summed E-state index contributed by atoms with van der Waals surface area (Å²) in [4.78, 5) is 23.2. The van der Waals surface area contributed by atoms with Gasteiger partial charge in [0.25, 0.3) is 12.3 Å². The summed E-state index contributed by atoms with van der Waals surface area (Å²) in [5.74, 6) is -1.14. The Balaban J connectivity index is 3.23. The predicted octanol–water partition coefficient (Wildman–Crippen LogP) is 3.08. The van der Waals surface area contributed by atoms with E-state index in [0.717, 1.165) is 12.1 Å². The van der Waals surface area contributed by atoms with Crippen molar-refractivity contribution in [1.29, 1.82) is 0 Å². The first kappa shape index (κ1) is 17.7. The van der Waals surface area contributed by atoms with Crippen LogP contribution in [0, 0.1) is 0 Å². The van der Waals surface area contributed by atoms with Crippen molar-refractivity contribution in [2.24, 2.45) is 5.73 Å². The van der Waals surface area contributed by atoms with Crippen molar-refractivity contribution in [3.63, 3.8) is 0 Å². The Kier molecular flexibility index (Phi) is 5.29. The minimum absolute atomic E-state index is 0.0667. The monoisotopic (exact) mass is 316 g/mol. The van der Waals surface area contributed by atoms with Crippen LogP contribution in [0.2, 0.25) is 0 Å². The third kappa shape index (κ3) is 4.57. The number of anilines is 1. The zero-order chi connectivity index (χ0) is 17.1. The number of methoxy groups -OCH3 is 1. The Bertz CT molecular complexity index is 583. The highest BCUT2D eigenvalue weighted by Crippen LogP contribution is 2.34. The fraction of sp³-hybridized carbons (Fsp3) is 0.429. The van der Waals surface area contributed by atoms with Crippen molar-refractivity contribution in [3.8, 4) is 5.75 Å². The number of hydrogen-bond donors (Lipinski definition) is 2. The summed E-state index contributed by atoms with van der Waals surface area (Å²) in [6, 6.07) is 1.99. The van der Waals surface area contributed by atoms with Gasteiger partial charge < -0.3 is 15.2 Å². The Morgan fingerprint density at radius 1 is 1.27 bits per heavy atom. The number of alkyl halides is 2. The van der Waals surface area contributed by atoms with Crippen LogP contribution in [-0.2, 0) is 4.74 Å². The smallest absolute Gasteiger partial charge is 0.412 e. The molecule has 1 aromatic rings. The largest absolute Gasteiger partial charge is 0.496 e. The van der Waals surface area contributed by atoms with Gasteiger partial charge in [0, 0.05) is 6.07 Å². The van der Waals surface area contributed by atoms with Gasteiger partial charge in [0.05, 0.1) is 23.9 Å². The van der Waals surface area contributed by atoms with E-state index < -0.39 is 29.6 Å². The summed E-state index contributed by atoms with van der Waals surface area (Å²) < 4.78 is 35.7. The molecule has 1 rings (SSSR count). The maximum Gasteiger partial charge on any atom is 0.412 e. The molecule has 0 saturated carbocycles. The van der Waals surface area contributed by atoms with Crippen LogP contribution in [0.3, 0.4) is 0 Å². The highest BCUT2D eigenvalue weighted by Gasteiger charge is 2.23. The van der Waals surface area contributed by atoms with Gasteiger partial charge in [0.2, 0.25) is 0 Å². The van der Waals surface area contributed by atoms with E-state index >= 15 is 0 Å². The minimum atomic E-state index is -2.86. The molecule has 0 heterocycles. The second kappa shape index (κ2) is 6.59. The molecule has 6 nitrogen and oxygen atoms in total. The van der Waals surface area contributed by atoms with Crippen molar-refractivity contribution in [2.75, 3.05) is 12.4 Å². The summed E-state index contributed by atoms with van der Waals surface area (Å²) in [5, 5.41) is 2.30. The fourth-order valence-electron chi connectivity index (χ4n) is 1.66. The van der Waals surface area contributed by atoms with Gasteiger partial charge in [-0.25, -0.2) is 13.6 Å². The highest BCUT2D eigenvalue weighted by molar-refractivity contribution is 6.02. The van der Waals surface area contributed by atoms with Crippen LogP contribution >= 0.6 is 0 Å². The number of nitrogens with two attached hydrogens (primary N) is 1. The van der Waals surface area contributed by atoms with Gasteiger partial charge in [-0.15, -0.1) is 0 Å². The topological polar surface area (TPSA) is 90.7 Å². The molecule has 0 aromatic heterocycles. The van der Waals surface area contributed by atoms with Gasteiger partial charge in [0.1, 0.15) is 11.4 Å². The van der Waals surface area contributed by atoms with E-state index in [-0.39, 0.29) is 17.0 Å². The van der Waals surface area contributed by atoms with Crippen LogP contribution in [0.25, 0.3) is 0 Å². The van der Waals surface area contributed by atoms with E-state index in [1.54, 1.807) is 20.8 Å². The lowest BCUT2D eigenvalue weighted by atomic mass is 10.1. The summed E-state index contributed by atoms with van der Waals surface area (Å²) in [6.07, 6.45) is -3.70. The number of halogens is 2. The van der Waals surface area contributed by atoms with Crippen LogP contribution in [0.5, 0.6) is 5.75 Å². The standard InChI is InChI=1S/C14H18F2N2O4/c1-14(2,3)22-13(20)18-9-6-10(21-4)8(11(15)16)5-7(9)12(17)19/h5-6,11H,1-4H3,(H2,17,19)(H,18,20). The minimum Gasteiger partial charge on any atom is -0.496 e. The molecule has 0 atom stereocenters. The quantitative estimate of drug-likeness (QED) is 0.893. The van der Waals surface area contributed by atoms with Gasteiger partial charge in [-0.3, -0.25) is 10.1 Å². The molecule has 0 bridgehead atoms. The molecular formula is C14H18F2N2O4. The third-order valence-electron chi connectivity index (χ3n) is 2.51. The molecule has 0 aliphatic rings. The van der Waals surface area contributed by atoms with E-state index in [0.29, 0.717) is 0 Å². The van der Waals surface area contributed by atoms with E-state index in [9.17, 15) is 18.4 Å². The lowest BCUT2D eigenvalue weighted by Crippen LogP contribution is -2.28. The van der Waals surface area contributed by atoms with Crippen molar-refractivity contribution in [1.82, 2.24) is 0 Å². The molecule has 2 amide bonds. The van der Waals surface area contributed by atoms with Crippen LogP contribution in [-0.4, -0.2) is 24.7 Å². The first-order valence-corrected chi connectivity index (χ1v) is 6.35. The lowest BCUT2D eigenvalue weighted by molar-refractivity contribution is 0.0636. The van der Waals surface area contributed by atoms with Crippen molar-refractivity contribution in [3.05, 3.63) is 23.3 Å². The van der Waals surface area contributed by atoms with Gasteiger partial charge in [-0.1, -0.05) is 0 Å². The summed E-state index contributed by atoms with van der Waals surface area (Å²) >= 11 is 0. The number of ether oxygens (including phenoxy) is 2. The summed E-state index contributed by atoms with van der Waals surface area (Å²) in [6.45, 7) is 4.96. The molecule has 0 saturated heterocycles. The van der Waals surface area contributed by atoms with E-state index in [2.05, 4.69) is 5.32 Å². The van der Waals surface area contributed by atoms with Gasteiger partial charge in [0.15, 0.2) is 0 Å². The van der Waals surface area contributed by atoms with Gasteiger partial charge in [-0.05, 0) is 26.8 Å². The number of carbonyl (C=O) groups excluding carboxylic acids is 2. The number of primary amides is 1. The molecule has 122 valence electrons. The number of hydrogen-bond acceptors (Lipinski definition) is 4. The molecule has 1 aromatic carbocycles. The molecule has 0 fully saturated rings. The molecule has 0 radical (unpaired) electrons. The van der Waals surface area contributed by atoms with Crippen LogP contribution in [0.4, 0.5) is 19.3 Å². The van der Waals surface area contributed by atoms with Crippen molar-refractivity contribution in [2.45, 2.75) is 32.8 Å². The molecule has 0 spiro atoms. The Labute approximate surface area is 126 Å². The normalized spacial score (nSPS) is 11.2. The molecule has 22 heavy (non-hydrogen) atoms. The second-order valence-electron chi connectivity index (χ2n) is 5.43. The molecule has 0 unspecified atom stereocenters. The SMILES string of the molecule is COc1cc(NC(=O)OC(C)(C)C)c(C(N)=O)cc1C(F)F. The maximum atomic E-state index is 12.9. The Hall–Kier alpha value is -2.38. The number of rotatable bonds is 4. The molecule has 8 heteroatoms. The zero-order valence-corrected chi connectivity index (χ0v) is 12.7. The van der Waals surface area contributed by atoms with E-state index in [4.69, 9.17) is 15.2 Å². The Morgan fingerprint density at radius 2 is 1.86 bits per heavy atom. The number of nitrogens with one attached hydrogen (secondary N) is 1. The number of benzene rings is 1. The summed E-state index contributed by atoms with van der Waals surface area (Å²) in [7, 11) is 1.20. The molecular weight excluding hydrogens is 298 g/mol. The third-order valence-corrected chi connectivity index (χ3v) is 2.51. The number of carbonyl (C=O) groups is 2. The van der Waals surface area contributed by atoms with Crippen LogP contribution < -0.4 is 15.8 Å². The van der Waals surface area contributed by atoms with Crippen molar-refractivity contribution < 1.29 is 27.8 Å². The molecule has 0 aliphatic carbocycles. The molecule has 3 N–H and O–H groups in total. The summed E-state index contributed by atoms with van der Waals surface area (Å²) in [5.41, 5.74) is 3.58.